The molecule has 3 aliphatic heterocycles. The number of carboxylic acid groups (broad SMARTS) is 1. The minimum atomic E-state index is -1.26. The predicted octanol–water partition coefficient (Wildman–Crippen LogP) is 0.0505. The summed E-state index contributed by atoms with van der Waals surface area (Å²) in [5.74, 6) is 5.24. The van der Waals surface area contributed by atoms with E-state index in [2.05, 4.69) is 13.8 Å². The fourth-order valence-corrected chi connectivity index (χ4v) is 4.25. The molecule has 3 heterocycles. The number of hydrogen-bond donors (Lipinski definition) is 1. The van der Waals surface area contributed by atoms with Crippen molar-refractivity contribution >= 4 is 23.6 Å². The van der Waals surface area contributed by atoms with Gasteiger partial charge in [-0.1, -0.05) is 6.92 Å². The van der Waals surface area contributed by atoms with Crippen LogP contribution in [0.4, 0.5) is 0 Å². The molecule has 0 bridgehead atoms. The number of carbonyl (C=O) groups excluding carboxylic acids is 2. The van der Waals surface area contributed by atoms with Crippen molar-refractivity contribution in [2.24, 2.45) is 11.8 Å². The Labute approximate surface area is 135 Å². The Morgan fingerprint density at radius 2 is 2.05 bits per heavy atom. The molecule has 7 heteroatoms. The SMILES string of the molecule is CC(C)[N+]1(N)CCCC1.CC1C(=O)N2C(C(=O)[O-])=CCS[C@@H]12. The average molecular weight is 327 g/mol. The second-order valence-corrected chi connectivity index (χ2v) is 7.60. The monoisotopic (exact) mass is 327 g/mol. The van der Waals surface area contributed by atoms with Crippen molar-refractivity contribution in [1.29, 1.82) is 0 Å². The number of amides is 1. The number of likely N-dealkylation sites (tertiary alicyclic amines) is 1. The standard InChI is InChI=1S/C8H9NO3S.C7H17N2/c1-4-6(10)9-5(8(11)12)2-3-13-7(4)9;1-7(2)9(8)5-3-4-6-9/h2,4,7H,3H2,1H3,(H,11,12);7H,3-6,8H2,1-2H3/q;+1/p-1/t4?,7-;/m0./s1. The molecule has 1 unspecified atom stereocenters. The normalized spacial score (nSPS) is 29.2. The topological polar surface area (TPSA) is 86.5 Å². The van der Waals surface area contributed by atoms with Crippen LogP contribution in [0.5, 0.6) is 0 Å². The van der Waals surface area contributed by atoms with Crippen molar-refractivity contribution in [2.45, 2.75) is 45.0 Å². The summed E-state index contributed by atoms with van der Waals surface area (Å²) in [6, 6.07) is 0.604. The molecule has 3 rings (SSSR count). The van der Waals surface area contributed by atoms with E-state index in [0.717, 1.165) is 4.59 Å². The smallest absolute Gasteiger partial charge is 0.233 e. The quantitative estimate of drug-likeness (QED) is 0.440. The van der Waals surface area contributed by atoms with Gasteiger partial charge < -0.3 is 9.90 Å². The molecule has 0 aromatic heterocycles. The maximum Gasteiger partial charge on any atom is 0.233 e. The molecule has 22 heavy (non-hydrogen) atoms. The molecule has 0 aromatic carbocycles. The zero-order valence-electron chi connectivity index (χ0n) is 13.4. The van der Waals surface area contributed by atoms with Crippen molar-refractivity contribution in [3.63, 3.8) is 0 Å². The summed E-state index contributed by atoms with van der Waals surface area (Å²) >= 11 is 1.58. The van der Waals surface area contributed by atoms with E-state index in [9.17, 15) is 14.7 Å². The van der Waals surface area contributed by atoms with Crippen LogP contribution < -0.4 is 10.9 Å². The molecule has 2 atom stereocenters. The summed E-state index contributed by atoms with van der Waals surface area (Å²) in [7, 11) is 0. The molecule has 0 spiro atoms. The summed E-state index contributed by atoms with van der Waals surface area (Å²) in [5.41, 5.74) is 0.0341. The van der Waals surface area contributed by atoms with E-state index >= 15 is 0 Å². The molecule has 124 valence electrons. The van der Waals surface area contributed by atoms with Crippen LogP contribution >= 0.6 is 11.8 Å². The minimum Gasteiger partial charge on any atom is -0.543 e. The zero-order chi connectivity index (χ0) is 16.5. The first-order chi connectivity index (χ1) is 10.3. The second kappa shape index (κ2) is 6.60. The van der Waals surface area contributed by atoms with Gasteiger partial charge in [-0.25, -0.2) is 4.59 Å². The van der Waals surface area contributed by atoms with Gasteiger partial charge in [0.15, 0.2) is 0 Å². The fraction of sp³-hybridized carbons (Fsp3) is 0.733. The third-order valence-corrected chi connectivity index (χ3v) is 6.07. The van der Waals surface area contributed by atoms with Crippen molar-refractivity contribution in [2.75, 3.05) is 18.8 Å². The Balaban J connectivity index is 0.000000172. The Hall–Kier alpha value is -1.05. The Bertz CT molecular complexity index is 486. The number of nitrogens with zero attached hydrogens (tertiary/aromatic N) is 2. The molecular formula is C15H25N3O3S. The zero-order valence-corrected chi connectivity index (χ0v) is 14.3. The Morgan fingerprint density at radius 1 is 1.45 bits per heavy atom. The highest BCUT2D eigenvalue weighted by molar-refractivity contribution is 8.00. The van der Waals surface area contributed by atoms with Crippen molar-refractivity contribution < 1.29 is 19.3 Å². The first kappa shape index (κ1) is 17.3. The van der Waals surface area contributed by atoms with E-state index < -0.39 is 5.97 Å². The third kappa shape index (κ3) is 3.16. The number of carboxylic acids is 1. The predicted molar refractivity (Wildman–Crippen MR) is 83.9 cm³/mol. The maximum absolute atomic E-state index is 11.3. The summed E-state index contributed by atoms with van der Waals surface area (Å²) in [4.78, 5) is 23.2. The lowest BCUT2D eigenvalue weighted by atomic mass is 9.99. The molecule has 2 saturated heterocycles. The number of fused-ring (bicyclic) bond motifs is 1. The van der Waals surface area contributed by atoms with Crippen LogP contribution in [0.2, 0.25) is 0 Å². The van der Waals surface area contributed by atoms with E-state index in [1.165, 1.54) is 36.9 Å². The number of β-lactam (4-membered cyclic amide) rings is 1. The molecule has 0 saturated carbocycles. The molecule has 2 N–H and O–H groups in total. The number of aliphatic carboxylic acids is 1. The molecule has 1 amide bonds. The summed E-state index contributed by atoms with van der Waals surface area (Å²) < 4.78 is 0.806. The lowest BCUT2D eigenvalue weighted by molar-refractivity contribution is -0.948. The van der Waals surface area contributed by atoms with Gasteiger partial charge >= 0.3 is 0 Å². The van der Waals surface area contributed by atoms with Gasteiger partial charge in [-0.05, 0) is 19.9 Å². The van der Waals surface area contributed by atoms with E-state index in [1.807, 2.05) is 6.92 Å². The van der Waals surface area contributed by atoms with E-state index in [0.29, 0.717) is 11.8 Å². The minimum absolute atomic E-state index is 0.00500. The highest BCUT2D eigenvalue weighted by Crippen LogP contribution is 2.40. The number of quaternary nitrogens is 1. The Kier molecular flexibility index (Phi) is 5.19. The Morgan fingerprint density at radius 3 is 2.50 bits per heavy atom. The van der Waals surface area contributed by atoms with E-state index in [4.69, 9.17) is 5.84 Å². The van der Waals surface area contributed by atoms with Crippen LogP contribution in [-0.2, 0) is 9.59 Å². The fourth-order valence-electron chi connectivity index (χ4n) is 3.03. The maximum atomic E-state index is 11.3. The largest absolute Gasteiger partial charge is 0.543 e. The first-order valence-corrected chi connectivity index (χ1v) is 8.84. The molecule has 0 aromatic rings. The lowest BCUT2D eigenvalue weighted by Crippen LogP contribution is -2.60. The molecule has 2 fully saturated rings. The van der Waals surface area contributed by atoms with Gasteiger partial charge in [0.25, 0.3) is 0 Å². The third-order valence-electron chi connectivity index (χ3n) is 4.75. The van der Waals surface area contributed by atoms with Crippen LogP contribution in [0.3, 0.4) is 0 Å². The summed E-state index contributed by atoms with van der Waals surface area (Å²) in [6.45, 7) is 8.57. The van der Waals surface area contributed by atoms with Crippen LogP contribution in [-0.4, -0.2) is 51.6 Å². The molecule has 3 aliphatic rings. The summed E-state index contributed by atoms with van der Waals surface area (Å²) in [6.07, 6.45) is 4.16. The van der Waals surface area contributed by atoms with Gasteiger partial charge in [0.2, 0.25) is 5.91 Å². The van der Waals surface area contributed by atoms with Gasteiger partial charge in [-0.2, -0.15) is 5.84 Å². The van der Waals surface area contributed by atoms with Gasteiger partial charge in [0.1, 0.15) is 6.04 Å². The highest BCUT2D eigenvalue weighted by Gasteiger charge is 2.47. The molecule has 0 aliphatic carbocycles. The molecule has 6 nitrogen and oxygen atoms in total. The van der Waals surface area contributed by atoms with Gasteiger partial charge in [0.05, 0.1) is 36.0 Å². The van der Waals surface area contributed by atoms with Crippen LogP contribution in [0.25, 0.3) is 0 Å². The van der Waals surface area contributed by atoms with Gasteiger partial charge in [-0.3, -0.25) is 9.69 Å². The molecular weight excluding hydrogens is 302 g/mol. The highest BCUT2D eigenvalue weighted by atomic mass is 32.2. The van der Waals surface area contributed by atoms with Crippen molar-refractivity contribution in [1.82, 2.24) is 4.90 Å². The van der Waals surface area contributed by atoms with Crippen LogP contribution in [0, 0.1) is 5.92 Å². The second-order valence-electron chi connectivity index (χ2n) is 6.45. The number of hydrogen-bond acceptors (Lipinski definition) is 5. The number of rotatable bonds is 2. The molecule has 0 radical (unpaired) electrons. The van der Waals surface area contributed by atoms with Crippen molar-refractivity contribution in [3.8, 4) is 0 Å². The summed E-state index contributed by atoms with van der Waals surface area (Å²) in [5, 5.41) is 10.6. The van der Waals surface area contributed by atoms with Crippen LogP contribution in [0.15, 0.2) is 11.8 Å². The van der Waals surface area contributed by atoms with Crippen molar-refractivity contribution in [3.05, 3.63) is 11.8 Å². The number of nitrogens with two attached hydrogens (primary N) is 1. The first-order valence-electron chi connectivity index (χ1n) is 7.79. The average Bonchev–Trinajstić information content (AvgIpc) is 2.94. The van der Waals surface area contributed by atoms with Gasteiger partial charge in [-0.15, -0.1) is 11.8 Å². The van der Waals surface area contributed by atoms with Gasteiger partial charge in [0, 0.05) is 18.6 Å². The van der Waals surface area contributed by atoms with E-state index in [1.54, 1.807) is 11.8 Å². The van der Waals surface area contributed by atoms with Crippen LogP contribution in [0.1, 0.15) is 33.6 Å². The lowest BCUT2D eigenvalue weighted by Gasteiger charge is -2.48. The number of carbonyl (C=O) groups is 2. The van der Waals surface area contributed by atoms with E-state index in [-0.39, 0.29) is 22.9 Å². The number of thioether (sulfide) groups is 1.